The van der Waals surface area contributed by atoms with Crippen molar-refractivity contribution in [2.75, 3.05) is 44.3 Å². The number of carbonyl (C=O) groups is 2. The number of hydrogen-bond donors (Lipinski definition) is 0. The summed E-state index contributed by atoms with van der Waals surface area (Å²) in [5, 5.41) is 1.08. The van der Waals surface area contributed by atoms with Crippen molar-refractivity contribution in [1.29, 1.82) is 0 Å². The van der Waals surface area contributed by atoms with E-state index >= 15 is 0 Å². The maximum Gasteiger partial charge on any atom is 0.255 e. The van der Waals surface area contributed by atoms with E-state index in [1.54, 1.807) is 41.4 Å². The molecule has 30 heavy (non-hydrogen) atoms. The number of rotatable bonds is 4. The summed E-state index contributed by atoms with van der Waals surface area (Å²) in [6, 6.07) is 8.73. The van der Waals surface area contributed by atoms with Crippen LogP contribution in [0, 0.1) is 5.92 Å². The molecule has 0 atom stereocenters. The van der Waals surface area contributed by atoms with Crippen LogP contribution in [-0.4, -0.2) is 61.0 Å². The summed E-state index contributed by atoms with van der Waals surface area (Å²) in [6.07, 6.45) is 3.05. The first-order valence-corrected chi connectivity index (χ1v) is 10.9. The Morgan fingerprint density at radius 3 is 2.27 bits per heavy atom. The molecule has 0 unspecified atom stereocenters. The zero-order valence-electron chi connectivity index (χ0n) is 16.5. The van der Waals surface area contributed by atoms with E-state index in [9.17, 15) is 9.59 Å². The lowest BCUT2D eigenvalue weighted by molar-refractivity contribution is 0.0302. The minimum absolute atomic E-state index is 0.0247. The van der Waals surface area contributed by atoms with E-state index in [0.717, 1.165) is 12.8 Å². The van der Waals surface area contributed by atoms with Crippen molar-refractivity contribution in [2.24, 2.45) is 5.92 Å². The van der Waals surface area contributed by atoms with Crippen molar-refractivity contribution in [3.8, 4) is 0 Å². The highest BCUT2D eigenvalue weighted by molar-refractivity contribution is 6.33. The quantitative estimate of drug-likeness (QED) is 0.663. The van der Waals surface area contributed by atoms with Crippen LogP contribution in [-0.2, 0) is 4.74 Å². The molecule has 3 heterocycles. The summed E-state index contributed by atoms with van der Waals surface area (Å²) in [5.74, 6) is 0.708. The molecule has 2 aliphatic heterocycles. The molecular formula is C22H23Cl2N3O3. The third-order valence-corrected chi connectivity index (χ3v) is 6.19. The van der Waals surface area contributed by atoms with Crippen molar-refractivity contribution in [2.45, 2.75) is 12.8 Å². The molecule has 0 radical (unpaired) electrons. The van der Waals surface area contributed by atoms with Crippen molar-refractivity contribution in [1.82, 2.24) is 9.88 Å². The second-order valence-electron chi connectivity index (χ2n) is 7.57. The number of carbonyl (C=O) groups excluding carboxylic acids is 2. The minimum Gasteiger partial charge on any atom is -0.378 e. The lowest BCUT2D eigenvalue weighted by Gasteiger charge is -2.33. The van der Waals surface area contributed by atoms with Crippen LogP contribution in [0.2, 0.25) is 10.0 Å². The highest BCUT2D eigenvalue weighted by Gasteiger charge is 2.28. The van der Waals surface area contributed by atoms with Gasteiger partial charge in [0.25, 0.3) is 5.91 Å². The molecule has 1 amide bonds. The normalized spacial score (nSPS) is 17.8. The maximum absolute atomic E-state index is 12.7. The summed E-state index contributed by atoms with van der Waals surface area (Å²) in [7, 11) is 0. The number of Topliss-reactive ketones (excluding diaryl/α,β-unsaturated/α-hetero) is 1. The first-order chi connectivity index (χ1) is 14.5. The van der Waals surface area contributed by atoms with Crippen LogP contribution in [0.5, 0.6) is 0 Å². The van der Waals surface area contributed by atoms with E-state index in [0.29, 0.717) is 66.4 Å². The molecular weight excluding hydrogens is 425 g/mol. The highest BCUT2D eigenvalue weighted by Crippen LogP contribution is 2.30. The van der Waals surface area contributed by atoms with Crippen LogP contribution in [0.1, 0.15) is 33.6 Å². The number of ether oxygens (including phenoxy) is 1. The summed E-state index contributed by atoms with van der Waals surface area (Å²) in [6.45, 7) is 3.63. The number of nitrogens with zero attached hydrogens (tertiary/aromatic N) is 3. The van der Waals surface area contributed by atoms with Gasteiger partial charge in [-0.1, -0.05) is 23.2 Å². The third kappa shape index (κ3) is 4.61. The fraction of sp³-hybridized carbons (Fsp3) is 0.409. The molecule has 6 nitrogen and oxygen atoms in total. The predicted molar refractivity (Wildman–Crippen MR) is 117 cm³/mol. The van der Waals surface area contributed by atoms with E-state index in [1.165, 1.54) is 0 Å². The van der Waals surface area contributed by atoms with Gasteiger partial charge in [0, 0.05) is 48.9 Å². The average molecular weight is 448 g/mol. The van der Waals surface area contributed by atoms with E-state index in [1.807, 2.05) is 0 Å². The Kier molecular flexibility index (Phi) is 6.56. The summed E-state index contributed by atoms with van der Waals surface area (Å²) in [4.78, 5) is 33.7. The average Bonchev–Trinajstić information content (AvgIpc) is 2.79. The molecule has 2 aromatic rings. The fourth-order valence-electron chi connectivity index (χ4n) is 3.93. The van der Waals surface area contributed by atoms with Gasteiger partial charge in [0.15, 0.2) is 5.78 Å². The highest BCUT2D eigenvalue weighted by atomic mass is 35.5. The Labute approximate surface area is 185 Å². The van der Waals surface area contributed by atoms with Gasteiger partial charge in [-0.05, 0) is 43.2 Å². The van der Waals surface area contributed by atoms with E-state index in [-0.39, 0.29) is 17.6 Å². The van der Waals surface area contributed by atoms with Gasteiger partial charge in [-0.25, -0.2) is 4.98 Å². The lowest BCUT2D eigenvalue weighted by atomic mass is 9.89. The topological polar surface area (TPSA) is 62.7 Å². The number of hydrogen-bond acceptors (Lipinski definition) is 5. The smallest absolute Gasteiger partial charge is 0.255 e. The van der Waals surface area contributed by atoms with E-state index < -0.39 is 0 Å². The molecule has 0 saturated carbocycles. The van der Waals surface area contributed by atoms with Gasteiger partial charge in [-0.15, -0.1) is 0 Å². The van der Waals surface area contributed by atoms with Gasteiger partial charge in [-0.2, -0.15) is 0 Å². The molecule has 158 valence electrons. The first-order valence-electron chi connectivity index (χ1n) is 10.1. The van der Waals surface area contributed by atoms with Crippen LogP contribution < -0.4 is 4.90 Å². The Morgan fingerprint density at radius 1 is 0.967 bits per heavy atom. The molecule has 1 aromatic carbocycles. The van der Waals surface area contributed by atoms with Gasteiger partial charge in [0.1, 0.15) is 5.82 Å². The van der Waals surface area contributed by atoms with Crippen LogP contribution in [0.15, 0.2) is 36.5 Å². The molecule has 8 heteroatoms. The molecule has 0 N–H and O–H groups in total. The number of pyridine rings is 1. The third-order valence-electron chi connectivity index (χ3n) is 5.66. The van der Waals surface area contributed by atoms with Gasteiger partial charge in [0.05, 0.1) is 23.8 Å². The summed E-state index contributed by atoms with van der Waals surface area (Å²) >= 11 is 12.4. The molecule has 0 spiro atoms. The second kappa shape index (κ2) is 9.33. The van der Waals surface area contributed by atoms with Gasteiger partial charge in [0.2, 0.25) is 0 Å². The molecule has 1 aromatic heterocycles. The molecule has 4 rings (SSSR count). The number of aromatic nitrogens is 1. The van der Waals surface area contributed by atoms with Crippen LogP contribution in [0.4, 0.5) is 5.82 Å². The van der Waals surface area contributed by atoms with Crippen LogP contribution in [0.3, 0.4) is 0 Å². The number of amides is 1. The maximum atomic E-state index is 12.7. The predicted octanol–water partition coefficient (Wildman–Crippen LogP) is 3.96. The Morgan fingerprint density at radius 2 is 1.63 bits per heavy atom. The number of halogens is 2. The number of piperidine rings is 1. The second-order valence-corrected chi connectivity index (χ2v) is 8.41. The first kappa shape index (κ1) is 21.1. The Hall–Kier alpha value is -2.15. The summed E-state index contributed by atoms with van der Waals surface area (Å²) in [5.41, 5.74) is 1.18. The number of ketones is 1. The molecule has 2 saturated heterocycles. The van der Waals surface area contributed by atoms with E-state index in [2.05, 4.69) is 9.88 Å². The Bertz CT molecular complexity index is 922. The molecule has 2 aliphatic rings. The van der Waals surface area contributed by atoms with Crippen molar-refractivity contribution in [3.05, 3.63) is 57.7 Å². The van der Waals surface area contributed by atoms with Crippen molar-refractivity contribution >= 4 is 40.7 Å². The lowest BCUT2D eigenvalue weighted by Crippen LogP contribution is -2.41. The molecule has 0 aliphatic carbocycles. The monoisotopic (exact) mass is 447 g/mol. The zero-order valence-corrected chi connectivity index (χ0v) is 18.0. The van der Waals surface area contributed by atoms with E-state index in [4.69, 9.17) is 27.9 Å². The Balaban J connectivity index is 1.39. The van der Waals surface area contributed by atoms with Crippen LogP contribution >= 0.6 is 23.2 Å². The number of morpholine rings is 1. The van der Waals surface area contributed by atoms with Crippen molar-refractivity contribution < 1.29 is 14.3 Å². The number of anilines is 1. The molecule has 2 fully saturated rings. The summed E-state index contributed by atoms with van der Waals surface area (Å²) < 4.78 is 5.29. The van der Waals surface area contributed by atoms with Gasteiger partial charge in [-0.3, -0.25) is 9.59 Å². The van der Waals surface area contributed by atoms with Gasteiger partial charge >= 0.3 is 0 Å². The minimum atomic E-state index is -0.0773. The largest absolute Gasteiger partial charge is 0.378 e. The standard InChI is InChI=1S/C22H23Cl2N3O3/c23-18-3-1-15(2-4-18)20(28)16-5-7-26(8-6-16)21-19(24)13-17(14-25-21)22(29)27-9-11-30-12-10-27/h1-4,13-14,16H,5-12H2. The van der Waals surface area contributed by atoms with Crippen molar-refractivity contribution in [3.63, 3.8) is 0 Å². The zero-order chi connectivity index (χ0) is 21.1. The van der Waals surface area contributed by atoms with Gasteiger partial charge < -0.3 is 14.5 Å². The fourth-order valence-corrected chi connectivity index (χ4v) is 4.34. The number of benzene rings is 1. The SMILES string of the molecule is O=C(c1ccc(Cl)cc1)C1CCN(c2ncc(C(=O)N3CCOCC3)cc2Cl)CC1. The molecule has 0 bridgehead atoms. The van der Waals surface area contributed by atoms with Crippen LogP contribution in [0.25, 0.3) is 0 Å².